The van der Waals surface area contributed by atoms with Crippen LogP contribution < -0.4 is 19.5 Å². The first-order valence-corrected chi connectivity index (χ1v) is 15.5. The molecule has 240 valence electrons. The maximum Gasteiger partial charge on any atom is 0.408 e. The van der Waals surface area contributed by atoms with E-state index in [4.69, 9.17) is 23.7 Å². The second-order valence-electron chi connectivity index (χ2n) is 10.2. The number of carbonyl (C=O) groups excluding carboxylic acids is 3. The van der Waals surface area contributed by atoms with Crippen LogP contribution >= 0.6 is 11.8 Å². The quantitative estimate of drug-likeness (QED) is 0.264. The van der Waals surface area contributed by atoms with Crippen LogP contribution in [0.2, 0.25) is 0 Å². The lowest BCUT2D eigenvalue weighted by Gasteiger charge is -2.36. The fourth-order valence-electron chi connectivity index (χ4n) is 4.87. The molecule has 0 spiro atoms. The zero-order valence-corrected chi connectivity index (χ0v) is 26.5. The summed E-state index contributed by atoms with van der Waals surface area (Å²) in [5, 5.41) is 2.13. The first-order valence-electron chi connectivity index (χ1n) is 14.5. The highest BCUT2D eigenvalue weighted by Crippen LogP contribution is 2.40. The topological polar surface area (TPSA) is 116 Å². The molecule has 1 saturated heterocycles. The molecule has 11 nitrogen and oxygen atoms in total. The highest BCUT2D eigenvalue weighted by atomic mass is 32.2. The number of nitrogens with zero attached hydrogens (tertiary/aromatic N) is 2. The van der Waals surface area contributed by atoms with Crippen molar-refractivity contribution in [3.63, 3.8) is 0 Å². The summed E-state index contributed by atoms with van der Waals surface area (Å²) < 4.78 is 27.2. The number of hydrogen-bond donors (Lipinski definition) is 1. The van der Waals surface area contributed by atoms with Gasteiger partial charge >= 0.3 is 11.4 Å². The van der Waals surface area contributed by atoms with Crippen LogP contribution in [0.15, 0.2) is 72.8 Å². The Morgan fingerprint density at radius 1 is 0.756 bits per heavy atom. The third-order valence-corrected chi connectivity index (χ3v) is 8.09. The standard InChI is InChI=1S/C33H39N3O8S/c1-40-28-15-14-26(29(41-2)30(28)42-3)20-35-16-18-36(19-17-35)31(37)27(34-32(38)43-21-24-10-6-4-7-11-24)23-45-33(39)44-22-25-12-8-5-9-13-25/h4-15,27H,16-23H2,1-3H3,(H,34,38)/t27-/m0/s1. The summed E-state index contributed by atoms with van der Waals surface area (Å²) in [6.07, 6.45) is -0.741. The molecule has 1 aliphatic heterocycles. The summed E-state index contributed by atoms with van der Waals surface area (Å²) in [6, 6.07) is 21.4. The predicted octanol–water partition coefficient (Wildman–Crippen LogP) is 4.72. The molecule has 1 fully saturated rings. The Morgan fingerprint density at radius 3 is 1.93 bits per heavy atom. The summed E-state index contributed by atoms with van der Waals surface area (Å²) in [5.74, 6) is 1.41. The van der Waals surface area contributed by atoms with E-state index in [0.29, 0.717) is 50.0 Å². The van der Waals surface area contributed by atoms with Gasteiger partial charge in [-0.25, -0.2) is 9.59 Å². The van der Waals surface area contributed by atoms with E-state index in [2.05, 4.69) is 10.2 Å². The number of ether oxygens (including phenoxy) is 5. The van der Waals surface area contributed by atoms with Crippen LogP contribution in [0.4, 0.5) is 9.59 Å². The Hall–Kier alpha value is -4.42. The molecule has 1 N–H and O–H groups in total. The number of piperazine rings is 1. The number of rotatable bonds is 13. The number of carbonyl (C=O) groups is 3. The van der Waals surface area contributed by atoms with E-state index in [9.17, 15) is 14.4 Å². The summed E-state index contributed by atoms with van der Waals surface area (Å²) in [6.45, 7) is 2.83. The van der Waals surface area contributed by atoms with E-state index in [1.807, 2.05) is 72.8 Å². The van der Waals surface area contributed by atoms with Gasteiger partial charge in [0.05, 0.1) is 21.3 Å². The van der Waals surface area contributed by atoms with Gasteiger partial charge < -0.3 is 33.9 Å². The number of methoxy groups -OCH3 is 3. The lowest BCUT2D eigenvalue weighted by Crippen LogP contribution is -2.55. The highest BCUT2D eigenvalue weighted by Gasteiger charge is 2.30. The summed E-state index contributed by atoms with van der Waals surface area (Å²) in [5.41, 5.74) is 2.60. The molecule has 1 heterocycles. The van der Waals surface area contributed by atoms with Gasteiger partial charge in [0, 0.05) is 44.0 Å². The van der Waals surface area contributed by atoms with E-state index in [1.165, 1.54) is 0 Å². The van der Waals surface area contributed by atoms with Gasteiger partial charge in [-0.2, -0.15) is 0 Å². The minimum Gasteiger partial charge on any atom is -0.493 e. The van der Waals surface area contributed by atoms with Crippen molar-refractivity contribution in [1.29, 1.82) is 0 Å². The zero-order chi connectivity index (χ0) is 32.0. The number of amides is 2. The Balaban J connectivity index is 1.35. The van der Waals surface area contributed by atoms with Gasteiger partial charge in [0.15, 0.2) is 11.5 Å². The minimum absolute atomic E-state index is 0.00402. The maximum absolute atomic E-state index is 13.6. The predicted molar refractivity (Wildman–Crippen MR) is 171 cm³/mol. The van der Waals surface area contributed by atoms with Gasteiger partial charge in [0.1, 0.15) is 19.3 Å². The van der Waals surface area contributed by atoms with E-state index < -0.39 is 17.4 Å². The molecule has 0 aliphatic carbocycles. The van der Waals surface area contributed by atoms with Crippen LogP contribution in [0.3, 0.4) is 0 Å². The van der Waals surface area contributed by atoms with Crippen molar-refractivity contribution in [3.8, 4) is 17.2 Å². The van der Waals surface area contributed by atoms with Crippen LogP contribution in [0.25, 0.3) is 0 Å². The molecule has 2 amide bonds. The van der Waals surface area contributed by atoms with Crippen molar-refractivity contribution >= 4 is 29.1 Å². The van der Waals surface area contributed by atoms with Gasteiger partial charge in [-0.15, -0.1) is 0 Å². The molecular formula is C33H39N3O8S. The van der Waals surface area contributed by atoms with Crippen molar-refractivity contribution in [1.82, 2.24) is 15.1 Å². The zero-order valence-electron chi connectivity index (χ0n) is 25.7. The van der Waals surface area contributed by atoms with Crippen molar-refractivity contribution in [3.05, 3.63) is 89.5 Å². The van der Waals surface area contributed by atoms with Crippen LogP contribution in [-0.4, -0.2) is 86.4 Å². The van der Waals surface area contributed by atoms with Crippen LogP contribution in [-0.2, 0) is 34.0 Å². The number of nitrogens with one attached hydrogen (secondary N) is 1. The van der Waals surface area contributed by atoms with Gasteiger partial charge in [0.2, 0.25) is 11.7 Å². The van der Waals surface area contributed by atoms with E-state index >= 15 is 0 Å². The van der Waals surface area contributed by atoms with E-state index in [1.54, 1.807) is 26.2 Å². The molecule has 0 radical (unpaired) electrons. The van der Waals surface area contributed by atoms with E-state index in [-0.39, 0.29) is 24.9 Å². The fourth-order valence-corrected chi connectivity index (χ4v) is 5.54. The van der Waals surface area contributed by atoms with Gasteiger partial charge in [-0.05, 0) is 29.0 Å². The average Bonchev–Trinajstić information content (AvgIpc) is 3.08. The number of hydrogen-bond acceptors (Lipinski definition) is 10. The molecular weight excluding hydrogens is 598 g/mol. The SMILES string of the molecule is COc1ccc(CN2CCN(C(=O)[C@H](CSC(=O)OCc3ccccc3)NC(=O)OCc3ccccc3)CC2)c(OC)c1OC. The monoisotopic (exact) mass is 637 g/mol. The normalized spacial score (nSPS) is 13.8. The van der Waals surface area contributed by atoms with Gasteiger partial charge in [-0.3, -0.25) is 9.69 Å². The van der Waals surface area contributed by atoms with Gasteiger partial charge in [-0.1, -0.05) is 66.7 Å². The van der Waals surface area contributed by atoms with Crippen molar-refractivity contribution in [2.45, 2.75) is 25.8 Å². The Morgan fingerprint density at radius 2 is 1.36 bits per heavy atom. The second-order valence-corrected chi connectivity index (χ2v) is 11.1. The third-order valence-electron chi connectivity index (χ3n) is 7.23. The maximum atomic E-state index is 13.6. The van der Waals surface area contributed by atoms with E-state index in [0.717, 1.165) is 28.5 Å². The summed E-state index contributed by atoms with van der Waals surface area (Å²) >= 11 is 0.840. The molecule has 4 rings (SSSR count). The lowest BCUT2D eigenvalue weighted by molar-refractivity contribution is -0.134. The molecule has 3 aromatic carbocycles. The molecule has 1 atom stereocenters. The molecule has 12 heteroatoms. The molecule has 1 aliphatic rings. The van der Waals surface area contributed by atoms with Crippen LogP contribution in [0, 0.1) is 0 Å². The molecule has 0 unspecified atom stereocenters. The summed E-state index contributed by atoms with van der Waals surface area (Å²) in [7, 11) is 4.73. The fraction of sp³-hybridized carbons (Fsp3) is 0.364. The number of alkyl carbamates (subject to hydrolysis) is 1. The first-order chi connectivity index (χ1) is 21.9. The van der Waals surface area contributed by atoms with Crippen molar-refractivity contribution in [2.75, 3.05) is 53.3 Å². The Kier molecular flexibility index (Phi) is 12.8. The Bertz CT molecular complexity index is 1400. The minimum atomic E-state index is -0.986. The van der Waals surface area contributed by atoms with Crippen LogP contribution in [0.1, 0.15) is 16.7 Å². The molecule has 45 heavy (non-hydrogen) atoms. The molecule has 3 aromatic rings. The number of benzene rings is 3. The lowest BCUT2D eigenvalue weighted by atomic mass is 10.1. The smallest absolute Gasteiger partial charge is 0.408 e. The van der Waals surface area contributed by atoms with Gasteiger partial charge in [0.25, 0.3) is 0 Å². The highest BCUT2D eigenvalue weighted by molar-refractivity contribution is 8.13. The largest absolute Gasteiger partial charge is 0.493 e. The molecule has 0 bridgehead atoms. The first kappa shape index (κ1) is 33.5. The van der Waals surface area contributed by atoms with Crippen LogP contribution in [0.5, 0.6) is 17.2 Å². The van der Waals surface area contributed by atoms with Crippen molar-refractivity contribution in [2.24, 2.45) is 0 Å². The average molecular weight is 638 g/mol. The second kappa shape index (κ2) is 17.2. The molecule has 0 saturated carbocycles. The van der Waals surface area contributed by atoms with Crippen molar-refractivity contribution < 1.29 is 38.1 Å². The molecule has 0 aromatic heterocycles. The Labute approximate surface area is 267 Å². The third kappa shape index (κ3) is 9.79. The number of thioether (sulfide) groups is 1. The summed E-state index contributed by atoms with van der Waals surface area (Å²) in [4.78, 5) is 42.8.